The third kappa shape index (κ3) is 5.30. The molecule has 0 aliphatic heterocycles. The van der Waals surface area contributed by atoms with Gasteiger partial charge in [-0.2, -0.15) is 0 Å². The Morgan fingerprint density at radius 1 is 0.308 bits per heavy atom. The lowest BCUT2D eigenvalue weighted by Crippen LogP contribution is -2.09. The number of fused-ring (bicyclic) bond motifs is 5. The van der Waals surface area contributed by atoms with Crippen molar-refractivity contribution in [3.8, 4) is 33.6 Å². The fourth-order valence-corrected chi connectivity index (χ4v) is 7.61. The van der Waals surface area contributed by atoms with E-state index in [1.54, 1.807) is 0 Å². The van der Waals surface area contributed by atoms with Gasteiger partial charge in [0.15, 0.2) is 0 Å². The van der Waals surface area contributed by atoms with Gasteiger partial charge in [0.25, 0.3) is 0 Å². The van der Waals surface area contributed by atoms with Crippen LogP contribution >= 0.6 is 0 Å². The molecule has 1 heterocycles. The maximum absolute atomic E-state index is 6.30. The number of benzene rings is 9. The van der Waals surface area contributed by atoms with E-state index in [4.69, 9.17) is 4.42 Å². The fraction of sp³-hybridized carbons (Fsp3) is 0. The van der Waals surface area contributed by atoms with E-state index in [1.807, 2.05) is 18.2 Å². The Labute approximate surface area is 302 Å². The van der Waals surface area contributed by atoms with E-state index >= 15 is 0 Å². The average molecular weight is 664 g/mol. The quantitative estimate of drug-likeness (QED) is 0.165. The van der Waals surface area contributed by atoms with E-state index in [0.29, 0.717) is 0 Å². The second-order valence-electron chi connectivity index (χ2n) is 13.4. The zero-order chi connectivity index (χ0) is 34.4. The van der Waals surface area contributed by atoms with Gasteiger partial charge in [-0.15, -0.1) is 0 Å². The molecule has 0 spiro atoms. The molecule has 1 aromatic heterocycles. The molecular formula is C50H33NO. The first-order chi connectivity index (χ1) is 25.7. The molecule has 0 amide bonds. The zero-order valence-electron chi connectivity index (χ0n) is 28.4. The molecule has 0 fully saturated rings. The molecule has 0 radical (unpaired) electrons. The van der Waals surface area contributed by atoms with Crippen molar-refractivity contribution in [3.63, 3.8) is 0 Å². The van der Waals surface area contributed by atoms with E-state index in [1.165, 1.54) is 43.4 Å². The fourth-order valence-electron chi connectivity index (χ4n) is 7.61. The number of nitrogens with zero attached hydrogens (tertiary/aromatic N) is 1. The molecule has 2 nitrogen and oxygen atoms in total. The number of furan rings is 1. The lowest BCUT2D eigenvalue weighted by molar-refractivity contribution is 0.632. The summed E-state index contributed by atoms with van der Waals surface area (Å²) >= 11 is 0. The van der Waals surface area contributed by atoms with Crippen molar-refractivity contribution >= 4 is 60.3 Å². The summed E-state index contributed by atoms with van der Waals surface area (Å²) in [5, 5.41) is 8.63. The molecule has 52 heavy (non-hydrogen) atoms. The molecule has 9 aromatic carbocycles. The van der Waals surface area contributed by atoms with E-state index in [9.17, 15) is 0 Å². The van der Waals surface area contributed by atoms with Gasteiger partial charge in [-0.3, -0.25) is 0 Å². The largest absolute Gasteiger partial charge is 0.456 e. The number of hydrogen-bond donors (Lipinski definition) is 0. The van der Waals surface area contributed by atoms with Crippen LogP contribution < -0.4 is 4.90 Å². The summed E-state index contributed by atoms with van der Waals surface area (Å²) in [6.07, 6.45) is 0. The normalized spacial score (nSPS) is 11.5. The van der Waals surface area contributed by atoms with Crippen LogP contribution in [0, 0.1) is 0 Å². The van der Waals surface area contributed by atoms with Gasteiger partial charge in [0, 0.05) is 28.0 Å². The molecule has 0 aliphatic carbocycles. The highest BCUT2D eigenvalue weighted by molar-refractivity contribution is 6.08. The van der Waals surface area contributed by atoms with E-state index in [-0.39, 0.29) is 0 Å². The summed E-state index contributed by atoms with van der Waals surface area (Å²) in [5.41, 5.74) is 9.94. The maximum atomic E-state index is 6.30. The van der Waals surface area contributed by atoms with Gasteiger partial charge in [0.2, 0.25) is 0 Å². The molecule has 0 bridgehead atoms. The van der Waals surface area contributed by atoms with Gasteiger partial charge in [0.05, 0.1) is 0 Å². The van der Waals surface area contributed by atoms with Crippen LogP contribution in [0.1, 0.15) is 0 Å². The monoisotopic (exact) mass is 663 g/mol. The van der Waals surface area contributed by atoms with Crippen molar-refractivity contribution in [3.05, 3.63) is 200 Å². The second-order valence-corrected chi connectivity index (χ2v) is 13.4. The Bertz CT molecular complexity index is 2870. The second kappa shape index (κ2) is 12.5. The first-order valence-electron chi connectivity index (χ1n) is 17.7. The number of hydrogen-bond acceptors (Lipinski definition) is 2. The molecule has 0 saturated carbocycles. The first-order valence-corrected chi connectivity index (χ1v) is 17.7. The summed E-state index contributed by atoms with van der Waals surface area (Å²) in [5.74, 6) is 0.874. The molecule has 244 valence electrons. The van der Waals surface area contributed by atoms with Crippen LogP contribution in [0.25, 0.3) is 76.9 Å². The van der Waals surface area contributed by atoms with Crippen LogP contribution in [-0.4, -0.2) is 0 Å². The number of anilines is 3. The molecule has 10 rings (SSSR count). The number of para-hydroxylation sites is 1. The Morgan fingerprint density at radius 3 is 1.65 bits per heavy atom. The van der Waals surface area contributed by atoms with Gasteiger partial charge in [-0.25, -0.2) is 0 Å². The van der Waals surface area contributed by atoms with Crippen molar-refractivity contribution < 1.29 is 4.42 Å². The summed E-state index contributed by atoms with van der Waals surface area (Å²) in [6.45, 7) is 0. The van der Waals surface area contributed by atoms with Gasteiger partial charge in [-0.1, -0.05) is 146 Å². The Kier molecular flexibility index (Phi) is 7.18. The summed E-state index contributed by atoms with van der Waals surface area (Å²) in [6, 6.07) is 71.7. The van der Waals surface area contributed by atoms with Crippen LogP contribution in [0.15, 0.2) is 205 Å². The van der Waals surface area contributed by atoms with Crippen LogP contribution in [0.4, 0.5) is 17.1 Å². The highest BCUT2D eigenvalue weighted by Gasteiger charge is 2.16. The van der Waals surface area contributed by atoms with Crippen molar-refractivity contribution in [1.82, 2.24) is 0 Å². The van der Waals surface area contributed by atoms with Crippen molar-refractivity contribution in [2.75, 3.05) is 4.90 Å². The van der Waals surface area contributed by atoms with Gasteiger partial charge >= 0.3 is 0 Å². The first kappa shape index (κ1) is 30.0. The van der Waals surface area contributed by atoms with Gasteiger partial charge < -0.3 is 9.32 Å². The summed E-state index contributed by atoms with van der Waals surface area (Å²) < 4.78 is 6.30. The predicted octanol–water partition coefficient (Wildman–Crippen LogP) is 14.4. The Hall–Kier alpha value is -6.90. The summed E-state index contributed by atoms with van der Waals surface area (Å²) in [7, 11) is 0. The minimum atomic E-state index is 0.874. The van der Waals surface area contributed by atoms with Crippen LogP contribution in [0.2, 0.25) is 0 Å². The highest BCUT2D eigenvalue weighted by Crippen LogP contribution is 2.40. The van der Waals surface area contributed by atoms with Crippen molar-refractivity contribution in [2.45, 2.75) is 0 Å². The topological polar surface area (TPSA) is 16.4 Å². The van der Waals surface area contributed by atoms with Gasteiger partial charge in [-0.05, 0) is 109 Å². The van der Waals surface area contributed by atoms with E-state index in [0.717, 1.165) is 50.5 Å². The SMILES string of the molecule is c1ccc(-c2cc3ccccc3o2)c(-c2ccc(N(c3ccc(-c4ccc5c(ccc6ccccc65)c4)cc3)c3ccc4ccccc4c3)cc2)c1. The molecule has 10 aromatic rings. The lowest BCUT2D eigenvalue weighted by atomic mass is 9.97. The third-order valence-electron chi connectivity index (χ3n) is 10.2. The summed E-state index contributed by atoms with van der Waals surface area (Å²) in [4.78, 5) is 2.34. The van der Waals surface area contributed by atoms with Crippen LogP contribution in [-0.2, 0) is 0 Å². The minimum Gasteiger partial charge on any atom is -0.456 e. The standard InChI is InChI=1S/C50H33NO/c1-2-11-38-32-44(29-21-34(38)9-1)51(42-25-19-35(20-26-42)39-24-30-47-40(31-39)18-17-36-10-3-5-13-45(36)47)43-27-22-37(23-28-43)46-14-6-7-15-48(46)50-33-41-12-4-8-16-49(41)52-50/h1-33H. The van der Waals surface area contributed by atoms with E-state index < -0.39 is 0 Å². The predicted molar refractivity (Wildman–Crippen MR) is 220 cm³/mol. The highest BCUT2D eigenvalue weighted by atomic mass is 16.3. The molecule has 0 saturated heterocycles. The average Bonchev–Trinajstić information content (AvgIpc) is 3.66. The Morgan fingerprint density at radius 2 is 0.865 bits per heavy atom. The maximum Gasteiger partial charge on any atom is 0.136 e. The Balaban J connectivity index is 1.03. The molecule has 0 aliphatic rings. The molecular weight excluding hydrogens is 631 g/mol. The zero-order valence-corrected chi connectivity index (χ0v) is 28.4. The lowest BCUT2D eigenvalue weighted by Gasteiger charge is -2.26. The molecule has 0 N–H and O–H groups in total. The van der Waals surface area contributed by atoms with Gasteiger partial charge in [0.1, 0.15) is 11.3 Å². The smallest absolute Gasteiger partial charge is 0.136 e. The van der Waals surface area contributed by atoms with Crippen LogP contribution in [0.5, 0.6) is 0 Å². The minimum absolute atomic E-state index is 0.874. The molecule has 2 heteroatoms. The van der Waals surface area contributed by atoms with Crippen molar-refractivity contribution in [1.29, 1.82) is 0 Å². The number of rotatable bonds is 6. The van der Waals surface area contributed by atoms with E-state index in [2.05, 4.69) is 187 Å². The van der Waals surface area contributed by atoms with Crippen LogP contribution in [0.3, 0.4) is 0 Å². The molecule has 0 atom stereocenters. The molecule has 0 unspecified atom stereocenters. The van der Waals surface area contributed by atoms with Crippen molar-refractivity contribution in [2.24, 2.45) is 0 Å². The third-order valence-corrected chi connectivity index (χ3v) is 10.2.